The summed E-state index contributed by atoms with van der Waals surface area (Å²) in [5, 5.41) is 36.6. The molecule has 1 aromatic carbocycles. The van der Waals surface area contributed by atoms with Crippen molar-refractivity contribution in [3.05, 3.63) is 47.8 Å². The Morgan fingerprint density at radius 1 is 1.14 bits per heavy atom. The van der Waals surface area contributed by atoms with Gasteiger partial charge in [-0.25, -0.2) is 4.68 Å². The van der Waals surface area contributed by atoms with Crippen LogP contribution in [0.25, 0.3) is 11.8 Å². The Morgan fingerprint density at radius 2 is 1.82 bits per heavy atom. The molecule has 242 valence electrons. The lowest BCUT2D eigenvalue weighted by molar-refractivity contribution is -0.154. The molecule has 2 aliphatic rings. The normalized spacial score (nSPS) is 33.8. The molecule has 8 atom stereocenters. The Kier molecular flexibility index (Phi) is 10.4. The van der Waals surface area contributed by atoms with Gasteiger partial charge in [-0.1, -0.05) is 34.1 Å². The SMILES string of the molecule is C/C(=C\c1ccn(-c2ccc(N)cc2)n1)[C@@H]1C[C@@H]2N(CCO)[C@]2(C)CCC[C@H](C)[C@H](O)[C@@H](C)C(=O)C(C)(C)[C@@H](O)CC(=O)O1. The van der Waals surface area contributed by atoms with Crippen LogP contribution in [0.3, 0.4) is 0 Å². The van der Waals surface area contributed by atoms with Gasteiger partial charge in [0.25, 0.3) is 0 Å². The summed E-state index contributed by atoms with van der Waals surface area (Å²) in [4.78, 5) is 29.0. The monoisotopic (exact) mass is 610 g/mol. The second-order valence-corrected chi connectivity index (χ2v) is 13.6. The number of rotatable bonds is 5. The molecule has 44 heavy (non-hydrogen) atoms. The van der Waals surface area contributed by atoms with Crippen molar-refractivity contribution in [1.29, 1.82) is 0 Å². The van der Waals surface area contributed by atoms with Crippen molar-refractivity contribution in [3.8, 4) is 5.69 Å². The minimum Gasteiger partial charge on any atom is -0.458 e. The Bertz CT molecular complexity index is 1340. The van der Waals surface area contributed by atoms with E-state index in [1.165, 1.54) is 0 Å². The molecule has 5 N–H and O–H groups in total. The van der Waals surface area contributed by atoms with Crippen LogP contribution >= 0.6 is 0 Å². The number of ether oxygens (including phenoxy) is 1. The van der Waals surface area contributed by atoms with Gasteiger partial charge in [0.1, 0.15) is 11.9 Å². The number of nitrogens with zero attached hydrogens (tertiary/aromatic N) is 3. The topological polar surface area (TPSA) is 151 Å². The van der Waals surface area contributed by atoms with Crippen molar-refractivity contribution in [2.75, 3.05) is 18.9 Å². The third-order valence-corrected chi connectivity index (χ3v) is 10.1. The number of hydrogen-bond donors (Lipinski definition) is 4. The van der Waals surface area contributed by atoms with Crippen LogP contribution in [0.2, 0.25) is 0 Å². The van der Waals surface area contributed by atoms with Crippen molar-refractivity contribution in [2.24, 2.45) is 17.3 Å². The van der Waals surface area contributed by atoms with Crippen molar-refractivity contribution in [3.63, 3.8) is 0 Å². The number of anilines is 1. The van der Waals surface area contributed by atoms with Gasteiger partial charge in [0.2, 0.25) is 0 Å². The number of hydrogen-bond acceptors (Lipinski definition) is 9. The minimum absolute atomic E-state index is 0.0178. The van der Waals surface area contributed by atoms with Crippen LogP contribution in [-0.2, 0) is 14.3 Å². The number of nitrogen functional groups attached to an aromatic ring is 1. The minimum atomic E-state index is -1.28. The van der Waals surface area contributed by atoms with Gasteiger partial charge >= 0.3 is 5.97 Å². The highest BCUT2D eigenvalue weighted by Crippen LogP contribution is 2.48. The molecule has 0 bridgehead atoms. The molecular formula is C34H50N4O6. The predicted octanol–water partition coefficient (Wildman–Crippen LogP) is 3.76. The molecule has 2 fully saturated rings. The summed E-state index contributed by atoms with van der Waals surface area (Å²) in [6.07, 6.45) is 3.59. The number of Topliss-reactive ketones (excluding diaryl/α,β-unsaturated/α-hetero) is 1. The highest BCUT2D eigenvalue weighted by molar-refractivity contribution is 5.88. The summed E-state index contributed by atoms with van der Waals surface area (Å²) in [5.41, 5.74) is 7.40. The van der Waals surface area contributed by atoms with Crippen LogP contribution in [0.5, 0.6) is 0 Å². The molecule has 4 rings (SSSR count). The first kappa shape index (κ1) is 33.8. The molecule has 0 spiro atoms. The van der Waals surface area contributed by atoms with Gasteiger partial charge in [0, 0.05) is 42.3 Å². The first-order chi connectivity index (χ1) is 20.7. The fourth-order valence-electron chi connectivity index (χ4n) is 6.80. The number of fused-ring (bicyclic) bond motifs is 1. The van der Waals surface area contributed by atoms with E-state index in [4.69, 9.17) is 10.5 Å². The number of β-amino-alcohol motifs (C(OH)–C–C–N with tert-alkyl or cyclic N) is 1. The molecule has 10 nitrogen and oxygen atoms in total. The molecular weight excluding hydrogens is 560 g/mol. The number of esters is 1. The molecule has 3 heterocycles. The van der Waals surface area contributed by atoms with Gasteiger partial charge in [-0.2, -0.15) is 5.10 Å². The maximum absolute atomic E-state index is 13.4. The largest absolute Gasteiger partial charge is 0.458 e. The summed E-state index contributed by atoms with van der Waals surface area (Å²) in [7, 11) is 0. The number of carbonyl (C=O) groups excluding carboxylic acids is 2. The Labute approximate surface area is 260 Å². The predicted molar refractivity (Wildman–Crippen MR) is 170 cm³/mol. The van der Waals surface area contributed by atoms with E-state index in [-0.39, 0.29) is 36.3 Å². The molecule has 2 aliphatic heterocycles. The first-order valence-electron chi connectivity index (χ1n) is 15.8. The maximum atomic E-state index is 13.4. The highest BCUT2D eigenvalue weighted by atomic mass is 16.5. The zero-order chi connectivity index (χ0) is 32.4. The molecule has 1 unspecified atom stereocenters. The van der Waals surface area contributed by atoms with Gasteiger partial charge in [0.15, 0.2) is 0 Å². The smallest absolute Gasteiger partial charge is 0.309 e. The van der Waals surface area contributed by atoms with E-state index in [0.717, 1.165) is 30.5 Å². The van der Waals surface area contributed by atoms with Crippen molar-refractivity contribution >= 4 is 23.5 Å². The fraction of sp³-hybridized carbons (Fsp3) is 0.618. The number of ketones is 1. The summed E-state index contributed by atoms with van der Waals surface area (Å²) < 4.78 is 7.81. The number of aromatic nitrogens is 2. The van der Waals surface area contributed by atoms with Gasteiger partial charge in [-0.3, -0.25) is 14.5 Å². The second-order valence-electron chi connectivity index (χ2n) is 13.6. The van der Waals surface area contributed by atoms with Crippen molar-refractivity contribution in [1.82, 2.24) is 14.7 Å². The summed E-state index contributed by atoms with van der Waals surface area (Å²) in [5.74, 6) is -1.69. The van der Waals surface area contributed by atoms with E-state index in [9.17, 15) is 24.9 Å². The molecule has 2 aromatic rings. The molecule has 10 heteroatoms. The Balaban J connectivity index is 1.63. The number of benzene rings is 1. The molecule has 0 aliphatic carbocycles. The summed E-state index contributed by atoms with van der Waals surface area (Å²) >= 11 is 0. The van der Waals surface area contributed by atoms with Gasteiger partial charge < -0.3 is 25.8 Å². The lowest BCUT2D eigenvalue weighted by Crippen LogP contribution is -2.45. The molecule has 1 aromatic heterocycles. The average molecular weight is 611 g/mol. The third-order valence-electron chi connectivity index (χ3n) is 10.1. The number of carbonyl (C=O) groups is 2. The fourth-order valence-corrected chi connectivity index (χ4v) is 6.80. The third kappa shape index (κ3) is 7.25. The zero-order valence-corrected chi connectivity index (χ0v) is 26.9. The van der Waals surface area contributed by atoms with Crippen molar-refractivity contribution in [2.45, 2.75) is 104 Å². The van der Waals surface area contributed by atoms with Crippen LogP contribution in [0.15, 0.2) is 42.1 Å². The Morgan fingerprint density at radius 3 is 2.48 bits per heavy atom. The van der Waals surface area contributed by atoms with E-state index in [2.05, 4.69) is 16.9 Å². The summed E-state index contributed by atoms with van der Waals surface area (Å²) in [6.45, 7) is 11.5. The van der Waals surface area contributed by atoms with Crippen LogP contribution in [0, 0.1) is 17.3 Å². The first-order valence-corrected chi connectivity index (χ1v) is 15.8. The lowest BCUT2D eigenvalue weighted by atomic mass is 9.73. The van der Waals surface area contributed by atoms with E-state index >= 15 is 0 Å². The number of aliphatic hydroxyl groups excluding tert-OH is 3. The van der Waals surface area contributed by atoms with Crippen LogP contribution in [-0.4, -0.2) is 84.8 Å². The molecule has 0 amide bonds. The quantitative estimate of drug-likeness (QED) is 0.225. The van der Waals surface area contributed by atoms with E-state index < -0.39 is 35.6 Å². The van der Waals surface area contributed by atoms with Gasteiger partial charge in [-0.15, -0.1) is 0 Å². The van der Waals surface area contributed by atoms with Crippen LogP contribution < -0.4 is 5.73 Å². The number of nitrogens with two attached hydrogens (primary N) is 1. The number of aliphatic hydroxyl groups is 3. The van der Waals surface area contributed by atoms with Crippen molar-refractivity contribution < 1.29 is 29.6 Å². The standard InChI is InChI=1S/C34H50N4O6/c1-21-8-7-14-34(6)28(37(34)16-17-39)19-27(44-30(41)20-29(40)33(4,5)32(43)23(3)31(21)42)22(2)18-25-13-15-38(36-25)26-11-9-24(35)10-12-26/h9-13,15,18,21,23,27-29,31,39-40,42H,7-8,14,16-17,19-20,35H2,1-6H3/b22-18+/t21-,23+,27-,28-,29-,31-,34+,37?/m0/s1. The molecule has 0 radical (unpaired) electrons. The second kappa shape index (κ2) is 13.5. The Hall–Kier alpha value is -3.05. The van der Waals surface area contributed by atoms with E-state index in [1.807, 2.05) is 56.5 Å². The average Bonchev–Trinajstić information content (AvgIpc) is 3.27. The highest BCUT2D eigenvalue weighted by Gasteiger charge is 2.58. The summed E-state index contributed by atoms with van der Waals surface area (Å²) in [6, 6.07) is 9.34. The van der Waals surface area contributed by atoms with Crippen LogP contribution in [0.4, 0.5) is 5.69 Å². The van der Waals surface area contributed by atoms with Crippen LogP contribution in [0.1, 0.15) is 79.3 Å². The van der Waals surface area contributed by atoms with Gasteiger partial charge in [0.05, 0.1) is 42.0 Å². The van der Waals surface area contributed by atoms with E-state index in [0.29, 0.717) is 24.3 Å². The number of cyclic esters (lactones) is 1. The van der Waals surface area contributed by atoms with E-state index in [1.54, 1.807) is 25.5 Å². The maximum Gasteiger partial charge on any atom is 0.309 e. The lowest BCUT2D eigenvalue weighted by Gasteiger charge is -2.34. The zero-order valence-electron chi connectivity index (χ0n) is 26.9. The molecule has 2 saturated heterocycles. The van der Waals surface area contributed by atoms with Gasteiger partial charge in [-0.05, 0) is 74.6 Å². The molecule has 0 saturated carbocycles.